The van der Waals surface area contributed by atoms with E-state index in [1.807, 2.05) is 25.7 Å². The van der Waals surface area contributed by atoms with E-state index in [-0.39, 0.29) is 41.1 Å². The first-order valence-electron chi connectivity index (χ1n) is 16.2. The Morgan fingerprint density at radius 3 is 2.36 bits per heavy atom. The van der Waals surface area contributed by atoms with E-state index in [1.165, 1.54) is 23.6 Å². The number of ether oxygens (including phenoxy) is 1. The molecular weight excluding hydrogens is 577 g/mol. The molecule has 1 amide bonds. The normalized spacial score (nSPS) is 23.9. The zero-order valence-corrected chi connectivity index (χ0v) is 28.2. The summed E-state index contributed by atoms with van der Waals surface area (Å²) in [5.41, 5.74) is 3.75. The Bertz CT molecular complexity index is 1380. The molecule has 2 aromatic rings. The lowest BCUT2D eigenvalue weighted by Gasteiger charge is -2.44. The number of benzene rings is 2. The highest BCUT2D eigenvalue weighted by Gasteiger charge is 2.46. The summed E-state index contributed by atoms with van der Waals surface area (Å²) in [4.78, 5) is 34.3. The van der Waals surface area contributed by atoms with Crippen LogP contribution in [0.25, 0.3) is 0 Å². The molecule has 2 aliphatic heterocycles. The molecule has 0 aromatic heterocycles. The highest BCUT2D eigenvalue weighted by molar-refractivity contribution is 6.30. The van der Waals surface area contributed by atoms with Crippen molar-refractivity contribution in [3.8, 4) is 0 Å². The Labute approximate surface area is 267 Å². The molecule has 0 spiro atoms. The second-order valence-corrected chi connectivity index (χ2v) is 15.5. The number of halogens is 2. The summed E-state index contributed by atoms with van der Waals surface area (Å²) in [6.45, 7) is 17.0. The van der Waals surface area contributed by atoms with Crippen LogP contribution in [0.2, 0.25) is 5.02 Å². The number of aryl methyl sites for hydroxylation is 2. The Morgan fingerprint density at radius 2 is 1.70 bits per heavy atom. The van der Waals surface area contributed by atoms with E-state index in [2.05, 4.69) is 55.7 Å². The van der Waals surface area contributed by atoms with Crippen molar-refractivity contribution in [3.05, 3.63) is 69.5 Å². The Balaban J connectivity index is 1.35. The lowest BCUT2D eigenvalue weighted by molar-refractivity contribution is -0.163. The van der Waals surface area contributed by atoms with Crippen molar-refractivity contribution < 1.29 is 18.7 Å². The summed E-state index contributed by atoms with van der Waals surface area (Å²) in [6, 6.07) is 10.9. The average molecular weight is 626 g/mol. The van der Waals surface area contributed by atoms with Gasteiger partial charge in [-0.25, -0.2) is 4.39 Å². The van der Waals surface area contributed by atoms with Gasteiger partial charge < -0.3 is 9.64 Å². The number of hydrogen-bond donors (Lipinski definition) is 0. The van der Waals surface area contributed by atoms with E-state index < -0.39 is 11.6 Å². The molecule has 2 saturated heterocycles. The first kappa shape index (κ1) is 32.9. The van der Waals surface area contributed by atoms with E-state index in [0.717, 1.165) is 18.4 Å². The number of likely N-dealkylation sites (tertiary alicyclic amines) is 1. The summed E-state index contributed by atoms with van der Waals surface area (Å²) in [6.07, 6.45) is 3.97. The zero-order valence-electron chi connectivity index (χ0n) is 27.5. The Hall–Kier alpha value is -2.48. The van der Waals surface area contributed by atoms with Gasteiger partial charge in [0.05, 0.1) is 5.92 Å². The van der Waals surface area contributed by atoms with Crippen molar-refractivity contribution in [2.24, 2.45) is 5.92 Å². The minimum atomic E-state index is -0.593. The Morgan fingerprint density at radius 1 is 0.977 bits per heavy atom. The molecule has 8 heteroatoms. The maximum Gasteiger partial charge on any atom is 0.324 e. The smallest absolute Gasteiger partial charge is 0.324 e. The van der Waals surface area contributed by atoms with Crippen LogP contribution in [-0.2, 0) is 33.6 Å². The van der Waals surface area contributed by atoms with E-state index in [0.29, 0.717) is 49.7 Å². The van der Waals surface area contributed by atoms with E-state index in [1.54, 1.807) is 12.1 Å². The van der Waals surface area contributed by atoms with Gasteiger partial charge in [-0.15, -0.1) is 0 Å². The van der Waals surface area contributed by atoms with Crippen molar-refractivity contribution in [1.82, 2.24) is 14.7 Å². The fourth-order valence-corrected chi connectivity index (χ4v) is 7.39. The van der Waals surface area contributed by atoms with Crippen LogP contribution >= 0.6 is 11.6 Å². The number of piperazine rings is 1. The van der Waals surface area contributed by atoms with Crippen molar-refractivity contribution in [3.63, 3.8) is 0 Å². The van der Waals surface area contributed by atoms with Gasteiger partial charge in [-0.2, -0.15) is 0 Å². The highest BCUT2D eigenvalue weighted by Crippen LogP contribution is 2.39. The van der Waals surface area contributed by atoms with Crippen LogP contribution in [0, 0.1) is 11.7 Å². The van der Waals surface area contributed by atoms with Gasteiger partial charge in [0.1, 0.15) is 17.5 Å². The SMILES string of the molecule is C[C@H]1CN([C@@H](Cc2ccc3c(c2)CCC3)C(=O)OC(C)(C)C)CCN1C(=O)[C@@H]1CN(C(C)(C)C)C[C@H]1c1ccc(Cl)cc1F. The third kappa shape index (κ3) is 7.32. The average Bonchev–Trinajstić information content (AvgIpc) is 3.57. The number of esters is 1. The lowest BCUT2D eigenvalue weighted by Crippen LogP contribution is -2.60. The first-order chi connectivity index (χ1) is 20.6. The molecule has 44 heavy (non-hydrogen) atoms. The zero-order chi connectivity index (χ0) is 32.0. The first-order valence-corrected chi connectivity index (χ1v) is 16.6. The van der Waals surface area contributed by atoms with Gasteiger partial charge in [0, 0.05) is 55.2 Å². The molecule has 2 heterocycles. The lowest BCUT2D eigenvalue weighted by atomic mass is 9.87. The molecular formula is C36H49ClFN3O3. The molecule has 240 valence electrons. The van der Waals surface area contributed by atoms with Gasteiger partial charge in [0.2, 0.25) is 5.91 Å². The van der Waals surface area contributed by atoms with Gasteiger partial charge >= 0.3 is 5.97 Å². The van der Waals surface area contributed by atoms with Crippen LogP contribution in [0.5, 0.6) is 0 Å². The molecule has 2 aromatic carbocycles. The maximum absolute atomic E-state index is 15.2. The van der Waals surface area contributed by atoms with E-state index >= 15 is 4.39 Å². The van der Waals surface area contributed by atoms with Crippen LogP contribution in [0.15, 0.2) is 36.4 Å². The third-order valence-electron chi connectivity index (χ3n) is 9.60. The largest absolute Gasteiger partial charge is 0.459 e. The summed E-state index contributed by atoms with van der Waals surface area (Å²) in [7, 11) is 0. The van der Waals surface area contributed by atoms with Crippen LogP contribution in [-0.4, -0.2) is 82.5 Å². The number of amides is 1. The van der Waals surface area contributed by atoms with Gasteiger partial charge in [0.25, 0.3) is 0 Å². The molecule has 1 aliphatic carbocycles. The fourth-order valence-electron chi connectivity index (χ4n) is 7.24. The monoisotopic (exact) mass is 625 g/mol. The Kier molecular flexibility index (Phi) is 9.52. The van der Waals surface area contributed by atoms with Crippen LogP contribution in [0.4, 0.5) is 4.39 Å². The van der Waals surface area contributed by atoms with Gasteiger partial charge in [-0.1, -0.05) is 35.9 Å². The predicted molar refractivity (Wildman–Crippen MR) is 174 cm³/mol. The van der Waals surface area contributed by atoms with Crippen molar-refractivity contribution in [2.45, 2.75) is 103 Å². The van der Waals surface area contributed by atoms with Crippen LogP contribution in [0.3, 0.4) is 0 Å². The van der Waals surface area contributed by atoms with Gasteiger partial charge in [0.15, 0.2) is 0 Å². The third-order valence-corrected chi connectivity index (χ3v) is 9.84. The molecule has 3 aliphatic rings. The number of carbonyl (C=O) groups is 2. The number of rotatable bonds is 6. The second kappa shape index (κ2) is 12.7. The standard InChI is InChI=1S/C36H49ClFN3O3/c1-23-20-39(32(34(43)44-36(5,6)7)18-24-11-12-25-9-8-10-26(25)17-24)15-16-41(23)33(42)30-22-40(35(2,3)4)21-29(30)28-14-13-27(37)19-31(28)38/h11-14,17,19,23,29-30,32H,8-10,15-16,18,20-22H2,1-7H3/t23-,29-,30+,32-/m0/s1. The number of nitrogens with zero attached hydrogens (tertiary/aromatic N) is 3. The maximum atomic E-state index is 15.2. The van der Waals surface area contributed by atoms with Gasteiger partial charge in [-0.05, 0) is 109 Å². The van der Waals surface area contributed by atoms with Crippen LogP contribution < -0.4 is 0 Å². The summed E-state index contributed by atoms with van der Waals surface area (Å²) in [5.74, 6) is -1.17. The summed E-state index contributed by atoms with van der Waals surface area (Å²) < 4.78 is 21.1. The van der Waals surface area contributed by atoms with Crippen molar-refractivity contribution in [1.29, 1.82) is 0 Å². The number of hydrogen-bond acceptors (Lipinski definition) is 5. The topological polar surface area (TPSA) is 53.1 Å². The van der Waals surface area contributed by atoms with E-state index in [9.17, 15) is 9.59 Å². The van der Waals surface area contributed by atoms with Crippen LogP contribution in [0.1, 0.15) is 83.1 Å². The molecule has 4 atom stereocenters. The highest BCUT2D eigenvalue weighted by atomic mass is 35.5. The molecule has 6 nitrogen and oxygen atoms in total. The molecule has 0 radical (unpaired) electrons. The summed E-state index contributed by atoms with van der Waals surface area (Å²) in [5, 5.41) is 0.351. The molecule has 0 unspecified atom stereocenters. The van der Waals surface area contributed by atoms with Crippen molar-refractivity contribution in [2.75, 3.05) is 32.7 Å². The van der Waals surface area contributed by atoms with Gasteiger partial charge in [-0.3, -0.25) is 19.4 Å². The molecule has 0 N–H and O–H groups in total. The summed E-state index contributed by atoms with van der Waals surface area (Å²) >= 11 is 6.07. The molecule has 0 bridgehead atoms. The fraction of sp³-hybridized carbons (Fsp3) is 0.611. The second-order valence-electron chi connectivity index (χ2n) is 15.0. The predicted octanol–water partition coefficient (Wildman–Crippen LogP) is 6.27. The quantitative estimate of drug-likeness (QED) is 0.355. The number of fused-ring (bicyclic) bond motifs is 1. The minimum absolute atomic E-state index is 0.0516. The number of carbonyl (C=O) groups excluding carboxylic acids is 2. The molecule has 5 rings (SSSR count). The van der Waals surface area contributed by atoms with E-state index in [4.69, 9.17) is 16.3 Å². The molecule has 2 fully saturated rings. The molecule has 0 saturated carbocycles. The van der Waals surface area contributed by atoms with Crippen molar-refractivity contribution >= 4 is 23.5 Å². The minimum Gasteiger partial charge on any atom is -0.459 e.